The number of aromatic nitrogens is 4. The number of para-hydroxylation sites is 2. The number of fused-ring (bicyclic) bond motifs is 1. The molecule has 166 valence electrons. The fraction of sp³-hybridized carbons (Fsp3) is 0.192. The lowest BCUT2D eigenvalue weighted by Crippen LogP contribution is -2.33. The van der Waals surface area contributed by atoms with Crippen molar-refractivity contribution in [3.8, 4) is 17.3 Å². The van der Waals surface area contributed by atoms with E-state index < -0.39 is 11.3 Å². The van der Waals surface area contributed by atoms with Gasteiger partial charge in [-0.1, -0.05) is 60.7 Å². The average Bonchev–Trinajstić information content (AvgIpc) is 3.28. The van der Waals surface area contributed by atoms with Gasteiger partial charge in [0.05, 0.1) is 17.1 Å². The summed E-state index contributed by atoms with van der Waals surface area (Å²) in [7, 11) is 3.54. The molecular weight excluding hydrogens is 414 g/mol. The molecule has 4 aromatic rings. The Labute approximate surface area is 191 Å². The summed E-state index contributed by atoms with van der Waals surface area (Å²) in [6.45, 7) is 0. The Hall–Kier alpha value is -4.13. The molecule has 7 heteroatoms. The number of nitrogens with one attached hydrogen (secondary N) is 1. The highest BCUT2D eigenvalue weighted by atomic mass is 16.3. The van der Waals surface area contributed by atoms with Crippen LogP contribution in [0.25, 0.3) is 22.6 Å². The zero-order chi connectivity index (χ0) is 22.9. The number of nitrogens with zero attached hydrogens (tertiary/aromatic N) is 4. The summed E-state index contributed by atoms with van der Waals surface area (Å²) in [5.74, 6) is 0.359. The topological polar surface area (TPSA) is 87.0 Å². The highest BCUT2D eigenvalue weighted by Gasteiger charge is 2.27. The van der Waals surface area contributed by atoms with Crippen molar-refractivity contribution >= 4 is 17.0 Å². The molecule has 1 unspecified atom stereocenters. The first kappa shape index (κ1) is 20.8. The molecule has 5 rings (SSSR count). The van der Waals surface area contributed by atoms with Crippen molar-refractivity contribution in [2.75, 3.05) is 11.9 Å². The Balaban J connectivity index is 1.66. The Kier molecular flexibility index (Phi) is 5.30. The van der Waals surface area contributed by atoms with Crippen LogP contribution in [0.4, 0.5) is 5.95 Å². The van der Waals surface area contributed by atoms with Crippen LogP contribution >= 0.6 is 0 Å². The smallest absolute Gasteiger partial charge is 0.297 e. The normalized spacial score (nSPS) is 14.3. The van der Waals surface area contributed by atoms with Gasteiger partial charge in [0, 0.05) is 14.1 Å². The van der Waals surface area contributed by atoms with Crippen molar-refractivity contribution < 1.29 is 5.11 Å². The first-order valence-electron chi connectivity index (χ1n) is 10.9. The third-order valence-corrected chi connectivity index (χ3v) is 6.01. The number of anilines is 1. The summed E-state index contributed by atoms with van der Waals surface area (Å²) >= 11 is 0. The van der Waals surface area contributed by atoms with Crippen LogP contribution < -0.4 is 10.5 Å². The molecule has 0 amide bonds. The Morgan fingerprint density at radius 3 is 2.55 bits per heavy atom. The minimum absolute atomic E-state index is 0.135. The number of allylic oxidation sites excluding steroid dienone is 2. The van der Waals surface area contributed by atoms with E-state index in [1.165, 1.54) is 4.57 Å². The number of hydrogen-bond donors (Lipinski definition) is 2. The zero-order valence-electron chi connectivity index (χ0n) is 18.6. The maximum absolute atomic E-state index is 13.0. The van der Waals surface area contributed by atoms with Gasteiger partial charge in [-0.25, -0.2) is 9.97 Å². The molecule has 1 atom stereocenters. The van der Waals surface area contributed by atoms with E-state index in [4.69, 9.17) is 4.98 Å². The number of imidazole rings is 1. The van der Waals surface area contributed by atoms with E-state index in [-0.39, 0.29) is 11.7 Å². The molecule has 0 saturated heterocycles. The largest absolute Gasteiger partial charge is 0.501 e. The van der Waals surface area contributed by atoms with Crippen molar-refractivity contribution in [1.29, 1.82) is 0 Å². The lowest BCUT2D eigenvalue weighted by atomic mass is 9.93. The molecule has 0 aliphatic heterocycles. The second kappa shape index (κ2) is 8.43. The molecule has 7 nitrogen and oxygen atoms in total. The summed E-state index contributed by atoms with van der Waals surface area (Å²) in [6, 6.07) is 17.5. The minimum Gasteiger partial charge on any atom is -0.501 e. The Morgan fingerprint density at radius 1 is 1.06 bits per heavy atom. The van der Waals surface area contributed by atoms with Gasteiger partial charge in [-0.05, 0) is 36.1 Å². The van der Waals surface area contributed by atoms with Crippen LogP contribution in [-0.4, -0.2) is 31.7 Å². The molecule has 0 bridgehead atoms. The molecule has 2 heterocycles. The van der Waals surface area contributed by atoms with Crippen LogP contribution in [0, 0.1) is 0 Å². The summed E-state index contributed by atoms with van der Waals surface area (Å²) in [5, 5.41) is 10.7. The van der Waals surface area contributed by atoms with E-state index in [1.807, 2.05) is 54.4 Å². The van der Waals surface area contributed by atoms with Gasteiger partial charge in [-0.2, -0.15) is 0 Å². The number of rotatable bonds is 5. The predicted molar refractivity (Wildman–Crippen MR) is 130 cm³/mol. The molecule has 33 heavy (non-hydrogen) atoms. The summed E-state index contributed by atoms with van der Waals surface area (Å²) in [5.41, 5.74) is 3.39. The Bertz CT molecular complexity index is 1400. The molecule has 0 fully saturated rings. The van der Waals surface area contributed by atoms with Gasteiger partial charge in [-0.3, -0.25) is 9.36 Å². The van der Waals surface area contributed by atoms with Crippen molar-refractivity contribution in [1.82, 2.24) is 19.5 Å². The first-order valence-corrected chi connectivity index (χ1v) is 10.9. The molecule has 0 spiro atoms. The van der Waals surface area contributed by atoms with Gasteiger partial charge < -0.3 is 15.0 Å². The maximum Gasteiger partial charge on any atom is 0.297 e. The Morgan fingerprint density at radius 2 is 1.82 bits per heavy atom. The number of H-pyrrole nitrogens is 1. The summed E-state index contributed by atoms with van der Waals surface area (Å²) in [4.78, 5) is 27.4. The van der Waals surface area contributed by atoms with E-state index in [1.54, 1.807) is 7.05 Å². The molecule has 2 aromatic heterocycles. The minimum atomic E-state index is -0.526. The number of benzene rings is 2. The molecule has 2 N–H and O–H groups in total. The van der Waals surface area contributed by atoms with Crippen molar-refractivity contribution in [2.24, 2.45) is 7.05 Å². The lowest BCUT2D eigenvalue weighted by Gasteiger charge is -2.32. The number of aromatic hydroxyl groups is 1. The second-order valence-corrected chi connectivity index (χ2v) is 8.18. The van der Waals surface area contributed by atoms with Gasteiger partial charge in [0.25, 0.3) is 5.56 Å². The van der Waals surface area contributed by atoms with Crippen LogP contribution in [0.3, 0.4) is 0 Å². The van der Waals surface area contributed by atoms with Crippen LogP contribution in [0.2, 0.25) is 0 Å². The number of likely N-dealkylation sites (N-methyl/N-ethyl adjacent to an activating group) is 1. The highest BCUT2D eigenvalue weighted by Crippen LogP contribution is 2.34. The number of aromatic amines is 1. The van der Waals surface area contributed by atoms with E-state index in [0.717, 1.165) is 35.0 Å². The fourth-order valence-electron chi connectivity index (χ4n) is 4.35. The van der Waals surface area contributed by atoms with E-state index in [9.17, 15) is 9.90 Å². The van der Waals surface area contributed by atoms with Gasteiger partial charge in [0.1, 0.15) is 0 Å². The van der Waals surface area contributed by atoms with Gasteiger partial charge >= 0.3 is 0 Å². The molecule has 1 aliphatic carbocycles. The van der Waals surface area contributed by atoms with Crippen LogP contribution in [0.5, 0.6) is 5.75 Å². The van der Waals surface area contributed by atoms with E-state index >= 15 is 0 Å². The van der Waals surface area contributed by atoms with Crippen LogP contribution in [0.1, 0.15) is 24.4 Å². The van der Waals surface area contributed by atoms with E-state index in [0.29, 0.717) is 11.8 Å². The van der Waals surface area contributed by atoms with Crippen molar-refractivity contribution in [3.63, 3.8) is 0 Å². The first-order chi connectivity index (χ1) is 16.0. The molecule has 0 saturated carbocycles. The van der Waals surface area contributed by atoms with Crippen molar-refractivity contribution in [2.45, 2.75) is 18.9 Å². The SMILES string of the molecule is CN(c1nc(-c2nc3ccccc3[nH]2)c(O)c(=O)n1C)C(C1=CCCC=C1)c1ccccc1. The fourth-order valence-corrected chi connectivity index (χ4v) is 4.35. The number of hydrogen-bond acceptors (Lipinski definition) is 5. The maximum atomic E-state index is 13.0. The van der Waals surface area contributed by atoms with Crippen molar-refractivity contribution in [3.05, 3.63) is 94.3 Å². The standard InChI is InChI=1S/C26H25N5O2/c1-30(22(17-11-5-3-6-12-17)18-13-7-4-8-14-18)26-29-21(23(32)25(33)31(26)2)24-27-19-15-9-10-16-20(19)28-24/h3,5-7,9-16,22,32H,4,8H2,1-2H3,(H,27,28). The van der Waals surface area contributed by atoms with Crippen LogP contribution in [0.15, 0.2) is 83.2 Å². The van der Waals surface area contributed by atoms with Gasteiger partial charge in [0.2, 0.25) is 11.7 Å². The quantitative estimate of drug-likeness (QED) is 0.479. The monoisotopic (exact) mass is 439 g/mol. The van der Waals surface area contributed by atoms with Crippen LogP contribution in [-0.2, 0) is 7.05 Å². The highest BCUT2D eigenvalue weighted by molar-refractivity contribution is 5.79. The van der Waals surface area contributed by atoms with Gasteiger partial charge in [-0.15, -0.1) is 0 Å². The van der Waals surface area contributed by atoms with Gasteiger partial charge in [0.15, 0.2) is 11.5 Å². The molecule has 2 aromatic carbocycles. The van der Waals surface area contributed by atoms with E-state index in [2.05, 4.69) is 40.3 Å². The third-order valence-electron chi connectivity index (χ3n) is 6.01. The molecule has 1 aliphatic rings. The lowest BCUT2D eigenvalue weighted by molar-refractivity contribution is 0.458. The summed E-state index contributed by atoms with van der Waals surface area (Å²) < 4.78 is 1.38. The molecular formula is C26H25N5O2. The summed E-state index contributed by atoms with van der Waals surface area (Å²) in [6.07, 6.45) is 8.52. The zero-order valence-corrected chi connectivity index (χ0v) is 18.6. The molecule has 0 radical (unpaired) electrons. The third kappa shape index (κ3) is 3.71. The second-order valence-electron chi connectivity index (χ2n) is 8.18. The predicted octanol–water partition coefficient (Wildman–Crippen LogP) is 4.48. The average molecular weight is 440 g/mol.